The van der Waals surface area contributed by atoms with Gasteiger partial charge in [-0.3, -0.25) is 19.3 Å². The van der Waals surface area contributed by atoms with Crippen molar-refractivity contribution in [3.05, 3.63) is 34.2 Å². The van der Waals surface area contributed by atoms with Crippen molar-refractivity contribution < 1.29 is 14.4 Å². The molecule has 3 aliphatic heterocycles. The van der Waals surface area contributed by atoms with E-state index in [0.29, 0.717) is 32.7 Å². The summed E-state index contributed by atoms with van der Waals surface area (Å²) in [5.41, 5.74) is 0.942. The number of fused-ring (bicyclic) bond motifs is 4. The van der Waals surface area contributed by atoms with Crippen LogP contribution in [-0.4, -0.2) is 69.8 Å². The fourth-order valence-electron chi connectivity index (χ4n) is 4.38. The van der Waals surface area contributed by atoms with E-state index in [1.54, 1.807) is 21.6 Å². The Hall–Kier alpha value is -2.64. The molecule has 0 radical (unpaired) electrons. The minimum absolute atomic E-state index is 0.00608. The Morgan fingerprint density at radius 2 is 1.88 bits per heavy atom. The first-order valence-electron chi connectivity index (χ1n) is 9.09. The summed E-state index contributed by atoms with van der Waals surface area (Å²) in [6.45, 7) is 4.45. The van der Waals surface area contributed by atoms with Gasteiger partial charge in [0.05, 0.1) is 0 Å². The highest BCUT2D eigenvalue weighted by Crippen LogP contribution is 2.35. The molecule has 0 N–H and O–H groups in total. The van der Waals surface area contributed by atoms with Gasteiger partial charge in [-0.1, -0.05) is 6.07 Å². The molecule has 2 bridgehead atoms. The molecular weight excluding hydrogens is 336 g/mol. The van der Waals surface area contributed by atoms with Gasteiger partial charge < -0.3 is 14.4 Å². The third kappa shape index (κ3) is 2.60. The summed E-state index contributed by atoms with van der Waals surface area (Å²) >= 11 is 0. The van der Waals surface area contributed by atoms with Crippen LogP contribution < -0.4 is 5.56 Å². The van der Waals surface area contributed by atoms with Crippen LogP contribution in [0.15, 0.2) is 23.0 Å². The molecule has 3 aliphatic rings. The number of carbonyl (C=O) groups excluding carboxylic acids is 3. The monoisotopic (exact) mass is 358 g/mol. The largest absolute Gasteiger partial charge is 0.333 e. The predicted molar refractivity (Wildman–Crippen MR) is 92.5 cm³/mol. The van der Waals surface area contributed by atoms with Crippen molar-refractivity contribution in [3.63, 3.8) is 0 Å². The molecule has 4 amide bonds. The Balaban J connectivity index is 1.54. The van der Waals surface area contributed by atoms with Gasteiger partial charge in [-0.25, -0.2) is 4.79 Å². The maximum absolute atomic E-state index is 12.9. The summed E-state index contributed by atoms with van der Waals surface area (Å²) in [4.78, 5) is 53.6. The molecular formula is C18H22N4O4. The predicted octanol–water partition coefficient (Wildman–Crippen LogP) is 0.0781. The number of nitrogens with zero attached hydrogens (tertiary/aromatic N) is 4. The highest BCUT2D eigenvalue weighted by molar-refractivity contribution is 6.38. The first kappa shape index (κ1) is 16.8. The van der Waals surface area contributed by atoms with Crippen molar-refractivity contribution >= 4 is 17.8 Å². The van der Waals surface area contributed by atoms with Crippen LogP contribution in [0.4, 0.5) is 4.79 Å². The quantitative estimate of drug-likeness (QED) is 0.666. The summed E-state index contributed by atoms with van der Waals surface area (Å²) in [6, 6.07) is 4.86. The van der Waals surface area contributed by atoms with E-state index in [1.165, 1.54) is 4.90 Å². The minimum atomic E-state index is -0.740. The number of carbonyl (C=O) groups is 3. The Morgan fingerprint density at radius 3 is 2.65 bits per heavy atom. The molecule has 138 valence electrons. The molecule has 2 unspecified atom stereocenters. The maximum atomic E-state index is 12.9. The zero-order valence-electron chi connectivity index (χ0n) is 14.8. The van der Waals surface area contributed by atoms with E-state index in [-0.39, 0.29) is 30.0 Å². The fourth-order valence-corrected chi connectivity index (χ4v) is 4.38. The van der Waals surface area contributed by atoms with Crippen LogP contribution in [0.2, 0.25) is 0 Å². The molecule has 4 rings (SSSR count). The molecule has 1 aromatic heterocycles. The van der Waals surface area contributed by atoms with Gasteiger partial charge in [0.1, 0.15) is 0 Å². The first-order chi connectivity index (χ1) is 12.5. The van der Waals surface area contributed by atoms with Gasteiger partial charge >= 0.3 is 17.8 Å². The van der Waals surface area contributed by atoms with Crippen molar-refractivity contribution in [2.45, 2.75) is 25.8 Å². The van der Waals surface area contributed by atoms with Crippen molar-refractivity contribution in [1.29, 1.82) is 0 Å². The van der Waals surface area contributed by atoms with E-state index in [2.05, 4.69) is 0 Å². The summed E-state index contributed by atoms with van der Waals surface area (Å²) in [6.07, 6.45) is 0.934. The highest BCUT2D eigenvalue weighted by Gasteiger charge is 2.41. The lowest BCUT2D eigenvalue weighted by Crippen LogP contribution is -2.60. The molecule has 0 spiro atoms. The SMILES string of the molecule is CCN1CCN(C(=O)N2CC3CC(C2)c2cccc(=O)n2C3)C(=O)C1=O. The van der Waals surface area contributed by atoms with Crippen molar-refractivity contribution in [2.24, 2.45) is 5.92 Å². The van der Waals surface area contributed by atoms with E-state index in [4.69, 9.17) is 0 Å². The Labute approximate surface area is 151 Å². The van der Waals surface area contributed by atoms with Crippen LogP contribution in [0.1, 0.15) is 25.0 Å². The van der Waals surface area contributed by atoms with Crippen LogP contribution >= 0.6 is 0 Å². The average molecular weight is 358 g/mol. The average Bonchev–Trinajstić information content (AvgIpc) is 2.64. The number of piperidine rings is 1. The minimum Gasteiger partial charge on any atom is -0.333 e. The number of urea groups is 1. The number of hydrogen-bond acceptors (Lipinski definition) is 4. The maximum Gasteiger partial charge on any atom is 0.327 e. The van der Waals surface area contributed by atoms with Crippen LogP contribution in [0.25, 0.3) is 0 Å². The van der Waals surface area contributed by atoms with Gasteiger partial charge in [0, 0.05) is 56.9 Å². The number of piperazine rings is 1. The zero-order chi connectivity index (χ0) is 18.4. The topological polar surface area (TPSA) is 82.9 Å². The summed E-state index contributed by atoms with van der Waals surface area (Å²) in [5, 5.41) is 0. The molecule has 2 atom stereocenters. The molecule has 2 saturated heterocycles. The lowest BCUT2D eigenvalue weighted by atomic mass is 9.83. The lowest BCUT2D eigenvalue weighted by molar-refractivity contribution is -0.154. The molecule has 0 aromatic carbocycles. The summed E-state index contributed by atoms with van der Waals surface area (Å²) < 4.78 is 1.80. The first-order valence-corrected chi connectivity index (χ1v) is 9.09. The number of rotatable bonds is 1. The normalized spacial score (nSPS) is 25.3. The Morgan fingerprint density at radius 1 is 1.08 bits per heavy atom. The standard InChI is InChI=1S/C18H22N4O4/c1-2-19-6-7-21(17(25)16(19)24)18(26)20-9-12-8-13(11-20)14-4-3-5-15(23)22(14)10-12/h3-5,12-13H,2,6-11H2,1H3. The molecule has 0 aliphatic carbocycles. The van der Waals surface area contributed by atoms with Gasteiger partial charge in [0.25, 0.3) is 5.56 Å². The van der Waals surface area contributed by atoms with Crippen LogP contribution in [0.5, 0.6) is 0 Å². The van der Waals surface area contributed by atoms with Crippen LogP contribution in [-0.2, 0) is 16.1 Å². The van der Waals surface area contributed by atoms with Gasteiger partial charge in [0.2, 0.25) is 0 Å². The van der Waals surface area contributed by atoms with Crippen LogP contribution in [0.3, 0.4) is 0 Å². The van der Waals surface area contributed by atoms with E-state index >= 15 is 0 Å². The van der Waals surface area contributed by atoms with Gasteiger partial charge in [-0.2, -0.15) is 0 Å². The lowest BCUT2D eigenvalue weighted by Gasteiger charge is -2.44. The molecule has 1 aromatic rings. The van der Waals surface area contributed by atoms with Crippen molar-refractivity contribution in [2.75, 3.05) is 32.7 Å². The highest BCUT2D eigenvalue weighted by atomic mass is 16.2. The van der Waals surface area contributed by atoms with Gasteiger partial charge in [0.15, 0.2) is 0 Å². The van der Waals surface area contributed by atoms with E-state index in [1.807, 2.05) is 13.0 Å². The number of imide groups is 1. The smallest absolute Gasteiger partial charge is 0.327 e. The molecule has 26 heavy (non-hydrogen) atoms. The van der Waals surface area contributed by atoms with Crippen molar-refractivity contribution in [3.8, 4) is 0 Å². The second-order valence-corrected chi connectivity index (χ2v) is 7.23. The fraction of sp³-hybridized carbons (Fsp3) is 0.556. The molecule has 4 heterocycles. The second-order valence-electron chi connectivity index (χ2n) is 7.23. The van der Waals surface area contributed by atoms with E-state index in [9.17, 15) is 19.2 Å². The number of pyridine rings is 1. The van der Waals surface area contributed by atoms with Gasteiger partial charge in [-0.15, -0.1) is 0 Å². The zero-order valence-corrected chi connectivity index (χ0v) is 14.8. The van der Waals surface area contributed by atoms with Crippen LogP contribution in [0, 0.1) is 5.92 Å². The Kier molecular flexibility index (Phi) is 4.05. The van der Waals surface area contributed by atoms with Crippen molar-refractivity contribution in [1.82, 2.24) is 19.3 Å². The molecule has 8 heteroatoms. The van der Waals surface area contributed by atoms with E-state index < -0.39 is 11.8 Å². The molecule has 2 fully saturated rings. The number of hydrogen-bond donors (Lipinski definition) is 0. The van der Waals surface area contributed by atoms with E-state index in [0.717, 1.165) is 17.0 Å². The number of likely N-dealkylation sites (tertiary alicyclic amines) is 1. The molecule has 8 nitrogen and oxygen atoms in total. The Bertz CT molecular complexity index is 833. The third-order valence-corrected chi connectivity index (χ3v) is 5.67. The summed E-state index contributed by atoms with van der Waals surface area (Å²) in [5.74, 6) is -1.08. The summed E-state index contributed by atoms with van der Waals surface area (Å²) in [7, 11) is 0. The third-order valence-electron chi connectivity index (χ3n) is 5.67. The van der Waals surface area contributed by atoms with Gasteiger partial charge in [-0.05, 0) is 25.3 Å². The number of likely N-dealkylation sites (N-methyl/N-ethyl adjacent to an activating group) is 1. The second kappa shape index (κ2) is 6.26. The molecule has 0 saturated carbocycles. The number of amides is 4. The number of aromatic nitrogens is 1.